The van der Waals surface area contributed by atoms with Gasteiger partial charge in [0.1, 0.15) is 5.69 Å². The van der Waals surface area contributed by atoms with Gasteiger partial charge in [-0.2, -0.15) is 0 Å². The number of primary amides is 1. The Bertz CT molecular complexity index is 265. The lowest BCUT2D eigenvalue weighted by Gasteiger charge is -2.05. The number of rotatable bonds is 2. The fourth-order valence-electron chi connectivity index (χ4n) is 0.801. The van der Waals surface area contributed by atoms with Gasteiger partial charge in [0, 0.05) is 6.04 Å². The molecule has 0 fully saturated rings. The van der Waals surface area contributed by atoms with Gasteiger partial charge in [-0.1, -0.05) is 5.21 Å². The summed E-state index contributed by atoms with van der Waals surface area (Å²) >= 11 is 0. The molecule has 0 spiro atoms. The minimum Gasteiger partial charge on any atom is -0.364 e. The van der Waals surface area contributed by atoms with Crippen LogP contribution in [0, 0.1) is 0 Å². The Morgan fingerprint density at radius 2 is 2.36 bits per heavy atom. The number of hydrogen-bond donors (Lipinski definition) is 1. The second-order valence-electron chi connectivity index (χ2n) is 2.52. The van der Waals surface area contributed by atoms with E-state index in [2.05, 4.69) is 10.3 Å². The predicted molar refractivity (Wildman–Crippen MR) is 38.9 cm³/mol. The van der Waals surface area contributed by atoms with Crippen LogP contribution in [0.3, 0.4) is 0 Å². The van der Waals surface area contributed by atoms with Crippen LogP contribution in [0.1, 0.15) is 30.4 Å². The Hall–Kier alpha value is -1.39. The van der Waals surface area contributed by atoms with Crippen LogP contribution in [0.2, 0.25) is 0 Å². The van der Waals surface area contributed by atoms with Crippen molar-refractivity contribution in [2.75, 3.05) is 0 Å². The van der Waals surface area contributed by atoms with Gasteiger partial charge in [-0.05, 0) is 13.8 Å². The smallest absolute Gasteiger partial charge is 0.268 e. The van der Waals surface area contributed by atoms with Gasteiger partial charge >= 0.3 is 0 Å². The number of amides is 1. The molecule has 2 N–H and O–H groups in total. The second kappa shape index (κ2) is 2.69. The van der Waals surface area contributed by atoms with Crippen LogP contribution in [-0.4, -0.2) is 20.9 Å². The molecule has 0 aliphatic carbocycles. The number of carbonyl (C=O) groups is 1. The van der Waals surface area contributed by atoms with Crippen LogP contribution < -0.4 is 5.73 Å². The first-order chi connectivity index (χ1) is 5.13. The Kier molecular flexibility index (Phi) is 1.89. The highest BCUT2D eigenvalue weighted by atomic mass is 16.1. The van der Waals surface area contributed by atoms with Crippen molar-refractivity contribution in [3.63, 3.8) is 0 Å². The molecule has 0 bridgehead atoms. The van der Waals surface area contributed by atoms with E-state index >= 15 is 0 Å². The molecule has 5 nitrogen and oxygen atoms in total. The lowest BCUT2D eigenvalue weighted by Crippen LogP contribution is -2.18. The first-order valence-corrected chi connectivity index (χ1v) is 3.33. The largest absolute Gasteiger partial charge is 0.364 e. The van der Waals surface area contributed by atoms with Gasteiger partial charge in [0.2, 0.25) is 0 Å². The molecule has 1 amide bonds. The standard InChI is InChI=1S/C6H10N4O/c1-4(2)10-5(6(7)11)3-8-9-10/h3-4H,1-2H3,(H2,7,11). The minimum atomic E-state index is -0.497. The molecule has 1 aromatic heterocycles. The van der Waals surface area contributed by atoms with Crippen molar-refractivity contribution in [1.29, 1.82) is 0 Å². The molecule has 1 heterocycles. The van der Waals surface area contributed by atoms with E-state index in [1.807, 2.05) is 13.8 Å². The first-order valence-electron chi connectivity index (χ1n) is 3.33. The zero-order chi connectivity index (χ0) is 8.43. The third-order valence-corrected chi connectivity index (χ3v) is 1.32. The molecule has 0 saturated carbocycles. The number of nitrogens with two attached hydrogens (primary N) is 1. The molecule has 11 heavy (non-hydrogen) atoms. The van der Waals surface area contributed by atoms with E-state index in [1.165, 1.54) is 10.9 Å². The fraction of sp³-hybridized carbons (Fsp3) is 0.500. The lowest BCUT2D eigenvalue weighted by molar-refractivity contribution is 0.0988. The highest BCUT2D eigenvalue weighted by Crippen LogP contribution is 2.04. The van der Waals surface area contributed by atoms with Gasteiger partial charge in [-0.15, -0.1) is 5.10 Å². The number of nitrogens with zero attached hydrogens (tertiary/aromatic N) is 3. The summed E-state index contributed by atoms with van der Waals surface area (Å²) in [6, 6.07) is 0.111. The summed E-state index contributed by atoms with van der Waals surface area (Å²) in [4.78, 5) is 10.7. The highest BCUT2D eigenvalue weighted by molar-refractivity contribution is 5.90. The topological polar surface area (TPSA) is 73.8 Å². The van der Waals surface area contributed by atoms with Crippen molar-refractivity contribution >= 4 is 5.91 Å². The van der Waals surface area contributed by atoms with Crippen LogP contribution >= 0.6 is 0 Å². The van der Waals surface area contributed by atoms with E-state index in [0.717, 1.165) is 0 Å². The number of carbonyl (C=O) groups excluding carboxylic acids is 1. The van der Waals surface area contributed by atoms with Crippen LogP contribution in [-0.2, 0) is 0 Å². The van der Waals surface area contributed by atoms with Gasteiger partial charge in [0.15, 0.2) is 0 Å². The zero-order valence-electron chi connectivity index (χ0n) is 6.48. The molecule has 0 aliphatic heterocycles. The molecule has 1 rings (SSSR count). The van der Waals surface area contributed by atoms with Crippen LogP contribution in [0.5, 0.6) is 0 Å². The van der Waals surface area contributed by atoms with Crippen molar-refractivity contribution in [3.05, 3.63) is 11.9 Å². The summed E-state index contributed by atoms with van der Waals surface area (Å²) in [6.07, 6.45) is 1.36. The van der Waals surface area contributed by atoms with Crippen LogP contribution in [0.25, 0.3) is 0 Å². The summed E-state index contributed by atoms with van der Waals surface area (Å²) in [5, 5.41) is 7.28. The molecule has 1 aromatic rings. The SMILES string of the molecule is CC(C)n1nncc1C(N)=O. The van der Waals surface area contributed by atoms with E-state index < -0.39 is 5.91 Å². The van der Waals surface area contributed by atoms with Crippen molar-refractivity contribution in [2.45, 2.75) is 19.9 Å². The maximum Gasteiger partial charge on any atom is 0.268 e. The molecule has 0 saturated heterocycles. The van der Waals surface area contributed by atoms with Gasteiger partial charge in [-0.25, -0.2) is 4.68 Å². The Morgan fingerprint density at radius 3 is 2.73 bits per heavy atom. The third-order valence-electron chi connectivity index (χ3n) is 1.32. The highest BCUT2D eigenvalue weighted by Gasteiger charge is 2.10. The zero-order valence-corrected chi connectivity index (χ0v) is 6.48. The third kappa shape index (κ3) is 1.36. The average Bonchev–Trinajstić information content (AvgIpc) is 2.32. The molecule has 5 heteroatoms. The average molecular weight is 154 g/mol. The van der Waals surface area contributed by atoms with Gasteiger partial charge in [-0.3, -0.25) is 4.79 Å². The maximum absolute atomic E-state index is 10.7. The maximum atomic E-state index is 10.7. The molecular formula is C6H10N4O. The Labute approximate surface area is 64.2 Å². The van der Waals surface area contributed by atoms with Crippen LogP contribution in [0.4, 0.5) is 0 Å². The first kappa shape index (κ1) is 7.71. The Morgan fingerprint density at radius 1 is 1.73 bits per heavy atom. The minimum absolute atomic E-state index is 0.111. The second-order valence-corrected chi connectivity index (χ2v) is 2.52. The summed E-state index contributed by atoms with van der Waals surface area (Å²) in [5.41, 5.74) is 5.40. The number of hydrogen-bond acceptors (Lipinski definition) is 3. The van der Waals surface area contributed by atoms with E-state index in [1.54, 1.807) is 0 Å². The van der Waals surface area contributed by atoms with E-state index in [9.17, 15) is 4.79 Å². The molecule has 0 radical (unpaired) electrons. The molecule has 0 unspecified atom stereocenters. The summed E-state index contributed by atoms with van der Waals surface area (Å²) in [5.74, 6) is -0.497. The summed E-state index contributed by atoms with van der Waals surface area (Å²) < 4.78 is 1.49. The van der Waals surface area contributed by atoms with Crippen molar-refractivity contribution in [2.24, 2.45) is 5.73 Å². The lowest BCUT2D eigenvalue weighted by atomic mass is 10.3. The van der Waals surface area contributed by atoms with Gasteiger partial charge < -0.3 is 5.73 Å². The van der Waals surface area contributed by atoms with Crippen molar-refractivity contribution in [1.82, 2.24) is 15.0 Å². The fourth-order valence-corrected chi connectivity index (χ4v) is 0.801. The van der Waals surface area contributed by atoms with Crippen molar-refractivity contribution in [3.8, 4) is 0 Å². The molecular weight excluding hydrogens is 144 g/mol. The van der Waals surface area contributed by atoms with E-state index in [4.69, 9.17) is 5.73 Å². The van der Waals surface area contributed by atoms with E-state index in [-0.39, 0.29) is 6.04 Å². The molecule has 0 atom stereocenters. The quantitative estimate of drug-likeness (QED) is 0.649. The molecule has 0 aromatic carbocycles. The van der Waals surface area contributed by atoms with Gasteiger partial charge in [0.25, 0.3) is 5.91 Å². The monoisotopic (exact) mass is 154 g/mol. The Balaban J connectivity index is 3.06. The summed E-state index contributed by atoms with van der Waals surface area (Å²) in [7, 11) is 0. The molecule has 0 aliphatic rings. The van der Waals surface area contributed by atoms with E-state index in [0.29, 0.717) is 5.69 Å². The van der Waals surface area contributed by atoms with Crippen LogP contribution in [0.15, 0.2) is 6.20 Å². The van der Waals surface area contributed by atoms with Crippen molar-refractivity contribution < 1.29 is 4.79 Å². The van der Waals surface area contributed by atoms with Gasteiger partial charge in [0.05, 0.1) is 6.20 Å². The summed E-state index contributed by atoms with van der Waals surface area (Å²) in [6.45, 7) is 3.81. The number of aromatic nitrogens is 3. The molecule has 60 valence electrons. The predicted octanol–water partition coefficient (Wildman–Crippen LogP) is -0.0421. The normalized spacial score (nSPS) is 10.5.